The Kier molecular flexibility index (Phi) is 8.11. The molecule has 0 saturated carbocycles. The molecular weight excluding hydrogens is 492 g/mol. The molecule has 0 unspecified atom stereocenters. The van der Waals surface area contributed by atoms with Gasteiger partial charge < -0.3 is 25.4 Å². The number of hydrogen-bond acceptors (Lipinski definition) is 7. The van der Waals surface area contributed by atoms with Crippen molar-refractivity contribution in [1.82, 2.24) is 15.3 Å². The molecule has 0 spiro atoms. The zero-order chi connectivity index (χ0) is 27.4. The summed E-state index contributed by atoms with van der Waals surface area (Å²) in [5.74, 6) is -1.47. The number of aromatic nitrogens is 2. The third kappa shape index (κ3) is 6.55. The van der Waals surface area contributed by atoms with Gasteiger partial charge in [-0.05, 0) is 51.1 Å². The number of aliphatic hydroxyl groups is 1. The standard InChI is InChI=1S/C28H33F2N5O3/c1-17-15-35(16-23(26(17)36)34-27(37)38-28(2,3)4)24-11-12-31-14-22(24)32-13-18-7-5-10-21(33-18)25-19(29)8-6-9-20(25)30/h5-12,14,17,23,26,32,36H,13,15-16H2,1-4H3,(H,34,37)/t17-,23+,26+/m0/s1. The summed E-state index contributed by atoms with van der Waals surface area (Å²) < 4.78 is 33.9. The van der Waals surface area contributed by atoms with Gasteiger partial charge in [-0.2, -0.15) is 0 Å². The van der Waals surface area contributed by atoms with Crippen LogP contribution >= 0.6 is 0 Å². The van der Waals surface area contributed by atoms with Crippen molar-refractivity contribution in [2.24, 2.45) is 5.92 Å². The molecule has 0 radical (unpaired) electrons. The largest absolute Gasteiger partial charge is 0.444 e. The van der Waals surface area contributed by atoms with E-state index in [0.29, 0.717) is 18.8 Å². The van der Waals surface area contributed by atoms with Crippen molar-refractivity contribution in [2.75, 3.05) is 23.3 Å². The van der Waals surface area contributed by atoms with Gasteiger partial charge in [-0.25, -0.2) is 13.6 Å². The molecule has 1 saturated heterocycles. The Bertz CT molecular complexity index is 1260. The number of ether oxygens (including phenoxy) is 1. The van der Waals surface area contributed by atoms with Crippen LogP contribution in [0.3, 0.4) is 0 Å². The lowest BCUT2D eigenvalue weighted by atomic mass is 9.92. The second kappa shape index (κ2) is 11.3. The first kappa shape index (κ1) is 27.3. The molecule has 0 aliphatic carbocycles. The summed E-state index contributed by atoms with van der Waals surface area (Å²) in [6.07, 6.45) is 2.04. The molecule has 3 atom stereocenters. The molecule has 38 heavy (non-hydrogen) atoms. The zero-order valence-corrected chi connectivity index (χ0v) is 21.9. The highest BCUT2D eigenvalue weighted by Crippen LogP contribution is 2.30. The molecule has 3 heterocycles. The number of anilines is 2. The summed E-state index contributed by atoms with van der Waals surface area (Å²) in [7, 11) is 0. The molecule has 4 rings (SSSR count). The number of rotatable bonds is 6. The Morgan fingerprint density at radius 1 is 1.13 bits per heavy atom. The zero-order valence-electron chi connectivity index (χ0n) is 21.9. The minimum Gasteiger partial charge on any atom is -0.444 e. The normalized spacial score (nSPS) is 19.7. The number of piperidine rings is 1. The van der Waals surface area contributed by atoms with E-state index >= 15 is 0 Å². The van der Waals surface area contributed by atoms with Gasteiger partial charge in [0.25, 0.3) is 0 Å². The number of amides is 1. The van der Waals surface area contributed by atoms with Crippen LogP contribution in [0.25, 0.3) is 11.3 Å². The van der Waals surface area contributed by atoms with Crippen molar-refractivity contribution in [1.29, 1.82) is 0 Å². The Morgan fingerprint density at radius 3 is 2.55 bits per heavy atom. The summed E-state index contributed by atoms with van der Waals surface area (Å²) in [4.78, 5) is 23.1. The van der Waals surface area contributed by atoms with Crippen LogP contribution in [0.15, 0.2) is 54.9 Å². The summed E-state index contributed by atoms with van der Waals surface area (Å²) in [5.41, 5.74) is 1.54. The fraction of sp³-hybridized carbons (Fsp3) is 0.393. The van der Waals surface area contributed by atoms with Crippen molar-refractivity contribution in [3.63, 3.8) is 0 Å². The Morgan fingerprint density at radius 2 is 1.84 bits per heavy atom. The number of aliphatic hydroxyl groups excluding tert-OH is 1. The van der Waals surface area contributed by atoms with Crippen LogP contribution in [0.2, 0.25) is 0 Å². The molecule has 3 N–H and O–H groups in total. The van der Waals surface area contributed by atoms with Crippen molar-refractivity contribution in [3.05, 3.63) is 72.2 Å². The van der Waals surface area contributed by atoms with Crippen LogP contribution in [0, 0.1) is 17.6 Å². The summed E-state index contributed by atoms with van der Waals surface area (Å²) in [6, 6.07) is 10.1. The fourth-order valence-electron chi connectivity index (χ4n) is 4.50. The predicted octanol–water partition coefficient (Wildman–Crippen LogP) is 4.74. The molecule has 3 aromatic rings. The lowest BCUT2D eigenvalue weighted by molar-refractivity contribution is 0.0303. The lowest BCUT2D eigenvalue weighted by Crippen LogP contribution is -2.59. The number of carbonyl (C=O) groups is 1. The second-order valence-corrected chi connectivity index (χ2v) is 10.5. The van der Waals surface area contributed by atoms with E-state index in [2.05, 4.69) is 25.5 Å². The third-order valence-electron chi connectivity index (χ3n) is 6.25. The topological polar surface area (TPSA) is 99.6 Å². The number of nitrogens with one attached hydrogen (secondary N) is 2. The highest BCUT2D eigenvalue weighted by Gasteiger charge is 2.36. The summed E-state index contributed by atoms with van der Waals surface area (Å²) >= 11 is 0. The molecule has 1 amide bonds. The molecule has 0 bridgehead atoms. The van der Waals surface area contributed by atoms with Crippen molar-refractivity contribution < 1.29 is 23.4 Å². The van der Waals surface area contributed by atoms with Crippen LogP contribution in [0.5, 0.6) is 0 Å². The second-order valence-electron chi connectivity index (χ2n) is 10.5. The van der Waals surface area contributed by atoms with Crippen LogP contribution in [0.4, 0.5) is 25.0 Å². The Hall–Kier alpha value is -3.79. The van der Waals surface area contributed by atoms with Crippen LogP contribution in [-0.2, 0) is 11.3 Å². The molecule has 1 aliphatic rings. The average Bonchev–Trinajstić information content (AvgIpc) is 2.85. The molecule has 1 aliphatic heterocycles. The molecule has 8 nitrogen and oxygen atoms in total. The maximum absolute atomic E-state index is 14.3. The summed E-state index contributed by atoms with van der Waals surface area (Å²) in [5, 5.41) is 16.9. The van der Waals surface area contributed by atoms with Gasteiger partial charge in [0.05, 0.1) is 53.2 Å². The van der Waals surface area contributed by atoms with Gasteiger partial charge in [-0.15, -0.1) is 0 Å². The number of carbonyl (C=O) groups excluding carboxylic acids is 1. The van der Waals surface area contributed by atoms with E-state index in [1.54, 1.807) is 51.4 Å². The smallest absolute Gasteiger partial charge is 0.408 e. The number of pyridine rings is 2. The fourth-order valence-corrected chi connectivity index (χ4v) is 4.50. The van der Waals surface area contributed by atoms with Crippen LogP contribution in [-0.4, -0.2) is 52.0 Å². The van der Waals surface area contributed by atoms with Crippen molar-refractivity contribution in [3.8, 4) is 11.3 Å². The first-order valence-corrected chi connectivity index (χ1v) is 12.5. The van der Waals surface area contributed by atoms with Gasteiger partial charge in [0.1, 0.15) is 17.2 Å². The van der Waals surface area contributed by atoms with Gasteiger partial charge in [0.15, 0.2) is 0 Å². The number of benzene rings is 1. The third-order valence-corrected chi connectivity index (χ3v) is 6.25. The first-order valence-electron chi connectivity index (χ1n) is 12.5. The predicted molar refractivity (Wildman–Crippen MR) is 142 cm³/mol. The summed E-state index contributed by atoms with van der Waals surface area (Å²) in [6.45, 7) is 8.48. The highest BCUT2D eigenvalue weighted by atomic mass is 19.1. The maximum atomic E-state index is 14.3. The molecule has 2 aromatic heterocycles. The quantitative estimate of drug-likeness (QED) is 0.427. The van der Waals surface area contributed by atoms with E-state index in [-0.39, 0.29) is 23.7 Å². The monoisotopic (exact) mass is 525 g/mol. The minimum atomic E-state index is -0.734. The van der Waals surface area contributed by atoms with Gasteiger partial charge in [-0.3, -0.25) is 9.97 Å². The van der Waals surface area contributed by atoms with Gasteiger partial charge in [-0.1, -0.05) is 19.1 Å². The molecule has 1 fully saturated rings. The van der Waals surface area contributed by atoms with Gasteiger partial charge in [0, 0.05) is 25.2 Å². The van der Waals surface area contributed by atoms with Crippen LogP contribution in [0.1, 0.15) is 33.4 Å². The minimum absolute atomic E-state index is 0.126. The van der Waals surface area contributed by atoms with Gasteiger partial charge in [0.2, 0.25) is 0 Å². The molecule has 202 valence electrons. The average molecular weight is 526 g/mol. The number of nitrogens with zero attached hydrogens (tertiary/aromatic N) is 3. The van der Waals surface area contributed by atoms with Crippen molar-refractivity contribution >= 4 is 17.5 Å². The van der Waals surface area contributed by atoms with E-state index < -0.39 is 35.5 Å². The van der Waals surface area contributed by atoms with Crippen molar-refractivity contribution in [2.45, 2.75) is 52.0 Å². The number of alkyl carbamates (subject to hydrolysis) is 1. The SMILES string of the molecule is C[C@H]1CN(c2ccncc2NCc2cccc(-c3c(F)cccc3F)n2)C[C@@H](NC(=O)OC(C)(C)C)[C@@H]1O. The van der Waals surface area contributed by atoms with E-state index in [9.17, 15) is 18.7 Å². The highest BCUT2D eigenvalue weighted by molar-refractivity contribution is 5.71. The van der Waals surface area contributed by atoms with E-state index in [4.69, 9.17) is 4.74 Å². The molecule has 1 aromatic carbocycles. The number of halogens is 2. The molecular formula is C28H33F2N5O3. The molecule has 10 heteroatoms. The maximum Gasteiger partial charge on any atom is 0.408 e. The van der Waals surface area contributed by atoms with Crippen LogP contribution < -0.4 is 15.5 Å². The van der Waals surface area contributed by atoms with Gasteiger partial charge >= 0.3 is 6.09 Å². The van der Waals surface area contributed by atoms with E-state index in [1.165, 1.54) is 18.2 Å². The lowest BCUT2D eigenvalue weighted by Gasteiger charge is -2.42. The van der Waals surface area contributed by atoms with E-state index in [0.717, 1.165) is 11.4 Å². The van der Waals surface area contributed by atoms with E-state index in [1.807, 2.05) is 13.0 Å². The number of hydrogen-bond donors (Lipinski definition) is 3. The Balaban J connectivity index is 1.50. The first-order chi connectivity index (χ1) is 18.0. The Labute approximate surface area is 221 Å².